The molecule has 27 heavy (non-hydrogen) atoms. The van der Waals surface area contributed by atoms with Crippen molar-refractivity contribution >= 4 is 17.5 Å². The van der Waals surface area contributed by atoms with Gasteiger partial charge in [-0.25, -0.2) is 20.4 Å². The molecule has 0 saturated carbocycles. The van der Waals surface area contributed by atoms with Crippen LogP contribution in [0.4, 0.5) is 11.6 Å². The van der Waals surface area contributed by atoms with Crippen LogP contribution in [0.25, 0.3) is 11.4 Å². The topological polar surface area (TPSA) is 107 Å². The predicted molar refractivity (Wildman–Crippen MR) is 102 cm³/mol. The smallest absolute Gasteiger partial charge is 0.274 e. The Balaban J connectivity index is 1.92. The molecular formula is C19H22N6O2. The molecule has 3 rings (SSSR count). The largest absolute Gasteiger partial charge is 0.345 e. The number of aromatic amines is 1. The van der Waals surface area contributed by atoms with Gasteiger partial charge in [-0.2, -0.15) is 0 Å². The van der Waals surface area contributed by atoms with Gasteiger partial charge in [-0.05, 0) is 43.2 Å². The average Bonchev–Trinajstić information content (AvgIpc) is 3.09. The Kier molecular flexibility index (Phi) is 5.18. The second kappa shape index (κ2) is 7.55. The first-order valence-corrected chi connectivity index (χ1v) is 8.59. The van der Waals surface area contributed by atoms with Crippen LogP contribution in [0.1, 0.15) is 41.6 Å². The second-order valence-corrected chi connectivity index (χ2v) is 6.53. The van der Waals surface area contributed by atoms with Gasteiger partial charge >= 0.3 is 0 Å². The first-order valence-electron chi connectivity index (χ1n) is 8.59. The third-order valence-corrected chi connectivity index (χ3v) is 4.23. The third kappa shape index (κ3) is 3.80. The summed E-state index contributed by atoms with van der Waals surface area (Å²) in [7, 11) is 1.85. The van der Waals surface area contributed by atoms with Crippen LogP contribution in [-0.2, 0) is 0 Å². The molecule has 0 aliphatic rings. The number of H-pyrrole nitrogens is 1. The summed E-state index contributed by atoms with van der Waals surface area (Å²) < 4.78 is 0. The van der Waals surface area contributed by atoms with Gasteiger partial charge in [0.2, 0.25) is 5.95 Å². The number of carbonyl (C=O) groups is 1. The summed E-state index contributed by atoms with van der Waals surface area (Å²) in [6.45, 7) is 6.14. The van der Waals surface area contributed by atoms with Gasteiger partial charge in [0.25, 0.3) is 5.91 Å². The minimum atomic E-state index is -0.558. The molecule has 0 unspecified atom stereocenters. The van der Waals surface area contributed by atoms with Crippen molar-refractivity contribution in [1.82, 2.24) is 25.4 Å². The molecule has 0 fully saturated rings. The molecule has 0 spiro atoms. The number of hydrogen-bond acceptors (Lipinski definition) is 6. The van der Waals surface area contributed by atoms with Crippen molar-refractivity contribution in [1.29, 1.82) is 0 Å². The standard InChI is InChI=1S/C19H22N6O2/c1-11(2)16-17(22-12(3)21-16)15-9-10-20-19(23-15)25(4)14-7-5-13(6-8-14)18(26)24-27/h5-11,27H,1-4H3,(H,21,22)(H,24,26). The number of hydrogen-bond donors (Lipinski definition) is 3. The number of benzene rings is 1. The Labute approximate surface area is 157 Å². The number of hydroxylamine groups is 1. The Bertz CT molecular complexity index is 949. The molecular weight excluding hydrogens is 344 g/mol. The van der Waals surface area contributed by atoms with Crippen LogP contribution >= 0.6 is 0 Å². The molecule has 0 saturated heterocycles. The summed E-state index contributed by atoms with van der Waals surface area (Å²) in [6, 6.07) is 8.61. The van der Waals surface area contributed by atoms with E-state index in [1.54, 1.807) is 35.9 Å². The fourth-order valence-electron chi connectivity index (χ4n) is 2.78. The highest BCUT2D eigenvalue weighted by Gasteiger charge is 2.17. The molecule has 140 valence electrons. The van der Waals surface area contributed by atoms with E-state index in [0.717, 1.165) is 28.6 Å². The van der Waals surface area contributed by atoms with E-state index in [2.05, 4.69) is 33.8 Å². The molecule has 1 amide bonds. The Morgan fingerprint density at radius 3 is 2.52 bits per heavy atom. The summed E-state index contributed by atoms with van der Waals surface area (Å²) >= 11 is 0. The van der Waals surface area contributed by atoms with Crippen LogP contribution in [0.2, 0.25) is 0 Å². The Morgan fingerprint density at radius 2 is 1.89 bits per heavy atom. The van der Waals surface area contributed by atoms with Crippen molar-refractivity contribution < 1.29 is 10.0 Å². The van der Waals surface area contributed by atoms with E-state index in [1.165, 1.54) is 0 Å². The van der Waals surface area contributed by atoms with Gasteiger partial charge in [-0.3, -0.25) is 10.0 Å². The molecule has 0 aliphatic carbocycles. The minimum Gasteiger partial charge on any atom is -0.345 e. The lowest BCUT2D eigenvalue weighted by Crippen LogP contribution is -2.19. The van der Waals surface area contributed by atoms with Gasteiger partial charge in [0.1, 0.15) is 11.5 Å². The molecule has 0 aliphatic heterocycles. The second-order valence-electron chi connectivity index (χ2n) is 6.53. The summed E-state index contributed by atoms with van der Waals surface area (Å²) in [4.78, 5) is 30.2. The maximum absolute atomic E-state index is 11.4. The van der Waals surface area contributed by atoms with Crippen molar-refractivity contribution in [3.05, 3.63) is 53.6 Å². The molecule has 3 N–H and O–H groups in total. The van der Waals surface area contributed by atoms with E-state index in [9.17, 15) is 4.79 Å². The van der Waals surface area contributed by atoms with Crippen LogP contribution in [-0.4, -0.2) is 38.1 Å². The number of imidazole rings is 1. The number of aromatic nitrogens is 4. The number of anilines is 2. The Hall–Kier alpha value is -3.26. The van der Waals surface area contributed by atoms with Crippen molar-refractivity contribution in [2.45, 2.75) is 26.7 Å². The fourth-order valence-corrected chi connectivity index (χ4v) is 2.78. The quantitative estimate of drug-likeness (QED) is 0.473. The van der Waals surface area contributed by atoms with Crippen LogP contribution in [0.5, 0.6) is 0 Å². The zero-order valence-electron chi connectivity index (χ0n) is 15.7. The minimum absolute atomic E-state index is 0.294. The zero-order valence-corrected chi connectivity index (χ0v) is 15.7. The monoisotopic (exact) mass is 366 g/mol. The normalized spacial score (nSPS) is 10.9. The number of carbonyl (C=O) groups excluding carboxylic acids is 1. The maximum atomic E-state index is 11.4. The van der Waals surface area contributed by atoms with Gasteiger partial charge in [-0.1, -0.05) is 13.8 Å². The molecule has 3 aromatic rings. The van der Waals surface area contributed by atoms with E-state index >= 15 is 0 Å². The fraction of sp³-hybridized carbons (Fsp3) is 0.263. The number of nitrogens with zero attached hydrogens (tertiary/aromatic N) is 4. The van der Waals surface area contributed by atoms with Crippen LogP contribution in [0, 0.1) is 6.92 Å². The average molecular weight is 366 g/mol. The van der Waals surface area contributed by atoms with Crippen molar-refractivity contribution in [3.8, 4) is 11.4 Å². The molecule has 1 aromatic carbocycles. The summed E-state index contributed by atoms with van der Waals surface area (Å²) in [5.41, 5.74) is 5.40. The molecule has 8 nitrogen and oxygen atoms in total. The first kappa shape index (κ1) is 18.5. The number of aryl methyl sites for hydroxylation is 1. The van der Waals surface area contributed by atoms with E-state index in [-0.39, 0.29) is 0 Å². The summed E-state index contributed by atoms with van der Waals surface area (Å²) in [5.74, 6) is 1.10. The van der Waals surface area contributed by atoms with E-state index in [4.69, 9.17) is 5.21 Å². The molecule has 2 aromatic heterocycles. The van der Waals surface area contributed by atoms with Gasteiger partial charge < -0.3 is 9.88 Å². The van der Waals surface area contributed by atoms with Crippen molar-refractivity contribution in [3.63, 3.8) is 0 Å². The third-order valence-electron chi connectivity index (χ3n) is 4.23. The lowest BCUT2D eigenvalue weighted by Gasteiger charge is -2.18. The molecule has 0 atom stereocenters. The predicted octanol–water partition coefficient (Wildman–Crippen LogP) is 3.19. The highest BCUT2D eigenvalue weighted by atomic mass is 16.5. The van der Waals surface area contributed by atoms with Crippen LogP contribution < -0.4 is 10.4 Å². The van der Waals surface area contributed by atoms with Gasteiger partial charge in [0.15, 0.2) is 0 Å². The van der Waals surface area contributed by atoms with Gasteiger partial charge in [0.05, 0.1) is 5.69 Å². The van der Waals surface area contributed by atoms with Crippen LogP contribution in [0.15, 0.2) is 36.5 Å². The Morgan fingerprint density at radius 1 is 1.19 bits per heavy atom. The highest BCUT2D eigenvalue weighted by molar-refractivity contribution is 5.93. The van der Waals surface area contributed by atoms with E-state index in [0.29, 0.717) is 17.4 Å². The number of nitrogens with one attached hydrogen (secondary N) is 2. The number of amides is 1. The molecule has 8 heteroatoms. The SMILES string of the molecule is Cc1nc(-c2ccnc(N(C)c3ccc(C(=O)NO)cc3)n2)c(C(C)C)[nH]1. The molecule has 0 radical (unpaired) electrons. The lowest BCUT2D eigenvalue weighted by molar-refractivity contribution is 0.0706. The van der Waals surface area contributed by atoms with Crippen LogP contribution in [0.3, 0.4) is 0 Å². The van der Waals surface area contributed by atoms with Crippen molar-refractivity contribution in [2.24, 2.45) is 0 Å². The van der Waals surface area contributed by atoms with Gasteiger partial charge in [-0.15, -0.1) is 0 Å². The highest BCUT2D eigenvalue weighted by Crippen LogP contribution is 2.28. The maximum Gasteiger partial charge on any atom is 0.274 e. The first-order chi connectivity index (χ1) is 12.9. The van der Waals surface area contributed by atoms with E-state index < -0.39 is 5.91 Å². The molecule has 0 bridgehead atoms. The van der Waals surface area contributed by atoms with Crippen molar-refractivity contribution in [2.75, 3.05) is 11.9 Å². The lowest BCUT2D eigenvalue weighted by atomic mass is 10.1. The zero-order chi connectivity index (χ0) is 19.6. The summed E-state index contributed by atoms with van der Waals surface area (Å²) in [5, 5.41) is 8.71. The number of rotatable bonds is 5. The molecule has 2 heterocycles. The van der Waals surface area contributed by atoms with Gasteiger partial charge in [0, 0.05) is 30.2 Å². The summed E-state index contributed by atoms with van der Waals surface area (Å²) in [6.07, 6.45) is 1.70. The van der Waals surface area contributed by atoms with E-state index in [1.807, 2.05) is 24.9 Å².